The van der Waals surface area contributed by atoms with Crippen LogP contribution in [0.2, 0.25) is 5.02 Å². The summed E-state index contributed by atoms with van der Waals surface area (Å²) in [6.45, 7) is 5.27. The molecule has 2 rings (SSSR count). The van der Waals surface area contributed by atoms with E-state index in [0.29, 0.717) is 20.3 Å². The van der Waals surface area contributed by atoms with Crippen LogP contribution in [0.15, 0.2) is 18.6 Å². The molecule has 0 bridgehead atoms. The molecule has 9 heteroatoms. The van der Waals surface area contributed by atoms with E-state index >= 15 is 0 Å². The van der Waals surface area contributed by atoms with Gasteiger partial charge in [0.2, 0.25) is 0 Å². The Morgan fingerprint density at radius 3 is 2.60 bits per heavy atom. The standard InChI is InChI=1S/C11H12BrClN2O3S2/c1-5-10(7(3)18-14-5)6(2)15-20(16,17)9-4-8(13)11(12)19-9/h4,6,15H,1-3H3. The lowest BCUT2D eigenvalue weighted by Gasteiger charge is -2.13. The molecule has 0 radical (unpaired) electrons. The zero-order valence-corrected chi connectivity index (χ0v) is 14.9. The van der Waals surface area contributed by atoms with Crippen LogP contribution < -0.4 is 4.72 Å². The molecule has 1 N–H and O–H groups in total. The second kappa shape index (κ2) is 5.76. The van der Waals surface area contributed by atoms with Crippen molar-refractivity contribution in [1.82, 2.24) is 9.88 Å². The lowest BCUT2D eigenvalue weighted by atomic mass is 10.1. The highest BCUT2D eigenvalue weighted by Crippen LogP contribution is 2.35. The van der Waals surface area contributed by atoms with Gasteiger partial charge in [-0.3, -0.25) is 0 Å². The van der Waals surface area contributed by atoms with Gasteiger partial charge >= 0.3 is 0 Å². The van der Waals surface area contributed by atoms with Gasteiger partial charge in [0.25, 0.3) is 10.0 Å². The SMILES string of the molecule is Cc1noc(C)c1C(C)NS(=O)(=O)c1cc(Cl)c(Br)s1. The van der Waals surface area contributed by atoms with Crippen molar-refractivity contribution < 1.29 is 12.9 Å². The minimum atomic E-state index is -3.64. The largest absolute Gasteiger partial charge is 0.361 e. The first-order valence-corrected chi connectivity index (χ1v) is 9.09. The molecule has 0 saturated carbocycles. The molecule has 20 heavy (non-hydrogen) atoms. The van der Waals surface area contributed by atoms with Gasteiger partial charge in [-0.2, -0.15) is 0 Å². The molecule has 0 saturated heterocycles. The smallest absolute Gasteiger partial charge is 0.250 e. The molecule has 1 atom stereocenters. The Balaban J connectivity index is 2.29. The summed E-state index contributed by atoms with van der Waals surface area (Å²) in [6.07, 6.45) is 0. The van der Waals surface area contributed by atoms with Crippen LogP contribution in [0.5, 0.6) is 0 Å². The van der Waals surface area contributed by atoms with Crippen LogP contribution in [0.25, 0.3) is 0 Å². The summed E-state index contributed by atoms with van der Waals surface area (Å²) in [5, 5.41) is 4.20. The van der Waals surface area contributed by atoms with Gasteiger partial charge in [-0.25, -0.2) is 13.1 Å². The average molecular weight is 400 g/mol. The molecule has 2 aromatic rings. The highest BCUT2D eigenvalue weighted by atomic mass is 79.9. The Hall–Kier alpha value is -0.410. The average Bonchev–Trinajstić information content (AvgIpc) is 2.83. The second-order valence-electron chi connectivity index (χ2n) is 4.27. The Morgan fingerprint density at radius 2 is 2.15 bits per heavy atom. The monoisotopic (exact) mass is 398 g/mol. The molecule has 0 aliphatic rings. The maximum absolute atomic E-state index is 12.3. The molecule has 2 heterocycles. The minimum Gasteiger partial charge on any atom is -0.361 e. The summed E-state index contributed by atoms with van der Waals surface area (Å²) in [5.41, 5.74) is 1.42. The number of hydrogen-bond donors (Lipinski definition) is 1. The van der Waals surface area contributed by atoms with Crippen molar-refractivity contribution >= 4 is 48.9 Å². The number of aromatic nitrogens is 1. The normalized spacial score (nSPS) is 13.7. The molecule has 1 unspecified atom stereocenters. The van der Waals surface area contributed by atoms with Crippen LogP contribution >= 0.6 is 38.9 Å². The van der Waals surface area contributed by atoms with E-state index in [4.69, 9.17) is 16.1 Å². The Labute approximate surface area is 134 Å². The van der Waals surface area contributed by atoms with Gasteiger partial charge < -0.3 is 4.52 Å². The zero-order valence-electron chi connectivity index (χ0n) is 10.9. The van der Waals surface area contributed by atoms with Gasteiger partial charge in [-0.15, -0.1) is 11.3 Å². The maximum atomic E-state index is 12.3. The fourth-order valence-electron chi connectivity index (χ4n) is 1.92. The summed E-state index contributed by atoms with van der Waals surface area (Å²) >= 11 is 10.1. The fraction of sp³-hybridized carbons (Fsp3) is 0.364. The maximum Gasteiger partial charge on any atom is 0.250 e. The summed E-state index contributed by atoms with van der Waals surface area (Å²) in [7, 11) is -3.64. The van der Waals surface area contributed by atoms with Gasteiger partial charge in [-0.1, -0.05) is 16.8 Å². The zero-order chi connectivity index (χ0) is 15.1. The van der Waals surface area contributed by atoms with Gasteiger partial charge in [0.1, 0.15) is 9.97 Å². The number of halogens is 2. The number of hydrogen-bond acceptors (Lipinski definition) is 5. The van der Waals surface area contributed by atoms with E-state index in [0.717, 1.165) is 16.9 Å². The van der Waals surface area contributed by atoms with Crippen LogP contribution in [0.1, 0.15) is 30.0 Å². The first kappa shape index (κ1) is 16.0. The molecule has 0 spiro atoms. The molecular formula is C11H12BrClN2O3S2. The van der Waals surface area contributed by atoms with Crippen molar-refractivity contribution in [3.05, 3.63) is 31.9 Å². The predicted octanol–water partition coefficient (Wildman–Crippen LogP) is 3.81. The molecule has 5 nitrogen and oxygen atoms in total. The van der Waals surface area contributed by atoms with Crippen molar-refractivity contribution in [1.29, 1.82) is 0 Å². The molecule has 0 fully saturated rings. The number of aryl methyl sites for hydroxylation is 2. The molecule has 110 valence electrons. The predicted molar refractivity (Wildman–Crippen MR) is 81.7 cm³/mol. The van der Waals surface area contributed by atoms with Crippen molar-refractivity contribution in [2.24, 2.45) is 0 Å². The second-order valence-corrected chi connectivity index (χ2v) is 8.99. The molecular weight excluding hydrogens is 388 g/mol. The molecule has 2 aromatic heterocycles. The van der Waals surface area contributed by atoms with Gasteiger partial charge in [0.05, 0.1) is 14.5 Å². The minimum absolute atomic E-state index is 0.160. The van der Waals surface area contributed by atoms with E-state index < -0.39 is 16.1 Å². The Morgan fingerprint density at radius 1 is 1.50 bits per heavy atom. The third kappa shape index (κ3) is 3.09. The van der Waals surface area contributed by atoms with Crippen molar-refractivity contribution in [2.45, 2.75) is 31.0 Å². The van der Waals surface area contributed by atoms with Crippen LogP contribution in [-0.2, 0) is 10.0 Å². The number of nitrogens with zero attached hydrogens (tertiary/aromatic N) is 1. The number of nitrogens with one attached hydrogen (secondary N) is 1. The van der Waals surface area contributed by atoms with Crippen molar-refractivity contribution in [3.8, 4) is 0 Å². The summed E-state index contributed by atoms with van der Waals surface area (Å²) in [6, 6.07) is 0.976. The van der Waals surface area contributed by atoms with Gasteiger partial charge in [0, 0.05) is 11.6 Å². The number of rotatable bonds is 4. The highest BCUT2D eigenvalue weighted by Gasteiger charge is 2.25. The van der Waals surface area contributed by atoms with E-state index in [9.17, 15) is 8.42 Å². The van der Waals surface area contributed by atoms with Crippen LogP contribution in [0.3, 0.4) is 0 Å². The number of thiophene rings is 1. The topological polar surface area (TPSA) is 72.2 Å². The van der Waals surface area contributed by atoms with Crippen LogP contribution in [-0.4, -0.2) is 13.6 Å². The molecule has 0 aromatic carbocycles. The van der Waals surface area contributed by atoms with E-state index in [-0.39, 0.29) is 4.21 Å². The van der Waals surface area contributed by atoms with E-state index in [1.54, 1.807) is 20.8 Å². The lowest BCUT2D eigenvalue weighted by Crippen LogP contribution is -2.26. The quantitative estimate of drug-likeness (QED) is 0.848. The first-order valence-electron chi connectivity index (χ1n) is 5.62. The highest BCUT2D eigenvalue weighted by molar-refractivity contribution is 9.11. The molecule has 0 amide bonds. The third-order valence-electron chi connectivity index (χ3n) is 2.74. The van der Waals surface area contributed by atoms with E-state index in [1.165, 1.54) is 6.07 Å². The Bertz CT molecular complexity index is 700. The lowest BCUT2D eigenvalue weighted by molar-refractivity contribution is 0.391. The summed E-state index contributed by atoms with van der Waals surface area (Å²) < 4.78 is 33.0. The van der Waals surface area contributed by atoms with Crippen molar-refractivity contribution in [2.75, 3.05) is 0 Å². The van der Waals surface area contributed by atoms with Crippen LogP contribution in [0.4, 0.5) is 0 Å². The number of sulfonamides is 1. The van der Waals surface area contributed by atoms with E-state index in [2.05, 4.69) is 25.8 Å². The molecule has 0 aliphatic heterocycles. The third-order valence-corrected chi connectivity index (χ3v) is 7.23. The first-order chi connectivity index (χ1) is 9.22. The van der Waals surface area contributed by atoms with E-state index in [1.807, 2.05) is 0 Å². The van der Waals surface area contributed by atoms with Gasteiger partial charge in [0.15, 0.2) is 0 Å². The summed E-state index contributed by atoms with van der Waals surface area (Å²) in [5.74, 6) is 0.600. The summed E-state index contributed by atoms with van der Waals surface area (Å²) in [4.78, 5) is 0. The van der Waals surface area contributed by atoms with Crippen molar-refractivity contribution in [3.63, 3.8) is 0 Å². The molecule has 0 aliphatic carbocycles. The van der Waals surface area contributed by atoms with Crippen LogP contribution in [0, 0.1) is 13.8 Å². The Kier molecular flexibility index (Phi) is 4.60. The van der Waals surface area contributed by atoms with Gasteiger partial charge in [-0.05, 0) is 42.8 Å². The fourth-order valence-corrected chi connectivity index (χ4v) is 5.55.